The van der Waals surface area contributed by atoms with E-state index in [4.69, 9.17) is 9.26 Å². The highest BCUT2D eigenvalue weighted by Gasteiger charge is 2.34. The van der Waals surface area contributed by atoms with Crippen LogP contribution in [0.4, 0.5) is 0 Å². The van der Waals surface area contributed by atoms with Crippen molar-refractivity contribution in [3.63, 3.8) is 0 Å². The lowest BCUT2D eigenvalue weighted by molar-refractivity contribution is -0.111. The van der Waals surface area contributed by atoms with Crippen molar-refractivity contribution in [3.05, 3.63) is 0 Å². The summed E-state index contributed by atoms with van der Waals surface area (Å²) in [6.07, 6.45) is 8.19. The summed E-state index contributed by atoms with van der Waals surface area (Å²) in [5.74, 6) is 0.440. The molecule has 0 unspecified atom stereocenters. The Bertz CT molecular complexity index is 530. The lowest BCUT2D eigenvalue weighted by Crippen LogP contribution is -2.44. The molecule has 8 heteroatoms. The van der Waals surface area contributed by atoms with Crippen LogP contribution < -0.4 is 5.32 Å². The molecule has 0 rings (SSSR count). The summed E-state index contributed by atoms with van der Waals surface area (Å²) >= 11 is 1.32. The van der Waals surface area contributed by atoms with Crippen molar-refractivity contribution in [2.75, 3.05) is 25.7 Å². The maximum atomic E-state index is 12.2. The Hall–Kier alpha value is 0.250. The van der Waals surface area contributed by atoms with Crippen LogP contribution in [0.15, 0.2) is 0 Å². The van der Waals surface area contributed by atoms with Gasteiger partial charge in [0.05, 0.1) is 12.5 Å². The zero-order chi connectivity index (χ0) is 28.4. The molecule has 0 bridgehead atoms. The van der Waals surface area contributed by atoms with E-state index >= 15 is 0 Å². The topological polar surface area (TPSA) is 54.0 Å². The van der Waals surface area contributed by atoms with Gasteiger partial charge in [0, 0.05) is 42.7 Å². The molecule has 0 aromatic carbocycles. The van der Waals surface area contributed by atoms with Gasteiger partial charge < -0.3 is 14.6 Å². The van der Waals surface area contributed by atoms with Crippen LogP contribution in [0, 0.1) is 0 Å². The molecule has 0 aliphatic rings. The van der Waals surface area contributed by atoms with E-state index in [9.17, 15) is 4.79 Å². The Balaban J connectivity index is 4.23. The minimum Gasteiger partial charge on any atom is -0.370 e. The summed E-state index contributed by atoms with van der Waals surface area (Å²) in [6.45, 7) is 27.1. The molecular formula is C29H62N3O3PS. The van der Waals surface area contributed by atoms with E-state index in [0.29, 0.717) is 55.3 Å². The van der Waals surface area contributed by atoms with Crippen LogP contribution in [0.2, 0.25) is 0 Å². The van der Waals surface area contributed by atoms with Crippen molar-refractivity contribution in [2.24, 2.45) is 0 Å². The molecule has 0 aromatic rings. The Labute approximate surface area is 236 Å². The van der Waals surface area contributed by atoms with Crippen molar-refractivity contribution in [1.29, 1.82) is 0 Å². The van der Waals surface area contributed by atoms with Gasteiger partial charge in [-0.2, -0.15) is 0 Å². The molecule has 0 amide bonds. The van der Waals surface area contributed by atoms with E-state index < -0.39 is 8.45 Å². The maximum absolute atomic E-state index is 12.2. The standard InChI is InChI=1S/C29H62N3O3PS/c1-12-29(13-2,14-3)30-20-17-15-16-19-28(33)37-23-34-21-18-22-35-36(31(24(4)5)25(6)7)32(26(8)9)27(10)11/h24-27,30H,12-23H2,1-11H3. The Kier molecular flexibility index (Phi) is 21.2. The number of unbranched alkanes of at least 4 members (excludes halogenated alkanes) is 2. The highest BCUT2D eigenvalue weighted by molar-refractivity contribution is 8.13. The fourth-order valence-electron chi connectivity index (χ4n) is 4.83. The van der Waals surface area contributed by atoms with Crippen molar-refractivity contribution in [2.45, 2.75) is 157 Å². The first-order valence-corrected chi connectivity index (χ1v) is 17.1. The van der Waals surface area contributed by atoms with E-state index in [0.717, 1.165) is 32.2 Å². The largest absolute Gasteiger partial charge is 0.370 e. The first-order valence-electron chi connectivity index (χ1n) is 14.9. The number of hydrogen-bond acceptors (Lipinski definition) is 7. The van der Waals surface area contributed by atoms with E-state index in [1.165, 1.54) is 31.0 Å². The second kappa shape index (κ2) is 21.1. The van der Waals surface area contributed by atoms with E-state index in [-0.39, 0.29) is 5.12 Å². The van der Waals surface area contributed by atoms with Gasteiger partial charge in [-0.05, 0) is 100 Å². The number of ether oxygens (including phenoxy) is 1. The third kappa shape index (κ3) is 15.0. The molecule has 1 N–H and O–H groups in total. The number of carbonyl (C=O) groups is 1. The number of nitrogens with one attached hydrogen (secondary N) is 1. The molecule has 0 fully saturated rings. The highest BCUT2D eigenvalue weighted by atomic mass is 32.2. The molecule has 0 heterocycles. The Morgan fingerprint density at radius 1 is 0.784 bits per heavy atom. The van der Waals surface area contributed by atoms with Crippen molar-refractivity contribution in [1.82, 2.24) is 14.7 Å². The van der Waals surface area contributed by atoms with E-state index in [1.54, 1.807) is 0 Å². The molecule has 0 aromatic heterocycles. The lowest BCUT2D eigenvalue weighted by atomic mass is 9.89. The number of thioether (sulfide) groups is 1. The predicted molar refractivity (Wildman–Crippen MR) is 165 cm³/mol. The Morgan fingerprint density at radius 2 is 1.30 bits per heavy atom. The molecule has 0 aliphatic heterocycles. The van der Waals surface area contributed by atoms with Crippen LogP contribution in [0.5, 0.6) is 0 Å². The zero-order valence-corrected chi connectivity index (χ0v) is 28.0. The van der Waals surface area contributed by atoms with Gasteiger partial charge in [0.2, 0.25) is 0 Å². The first kappa shape index (κ1) is 37.2. The van der Waals surface area contributed by atoms with Crippen LogP contribution in [-0.2, 0) is 14.1 Å². The maximum Gasteiger partial charge on any atom is 0.191 e. The fraction of sp³-hybridized carbons (Fsp3) is 0.966. The van der Waals surface area contributed by atoms with Gasteiger partial charge in [-0.3, -0.25) is 4.79 Å². The molecule has 0 aliphatic carbocycles. The smallest absolute Gasteiger partial charge is 0.191 e. The van der Waals surface area contributed by atoms with Gasteiger partial charge in [-0.1, -0.05) is 39.0 Å². The molecule has 37 heavy (non-hydrogen) atoms. The zero-order valence-electron chi connectivity index (χ0n) is 26.3. The second-order valence-corrected chi connectivity index (χ2v) is 13.9. The van der Waals surface area contributed by atoms with Crippen molar-refractivity contribution in [3.8, 4) is 0 Å². The van der Waals surface area contributed by atoms with Crippen LogP contribution >= 0.6 is 20.2 Å². The monoisotopic (exact) mass is 563 g/mol. The summed E-state index contributed by atoms with van der Waals surface area (Å²) in [5.41, 5.74) is 0.292. The quantitative estimate of drug-likeness (QED) is 0.0764. The van der Waals surface area contributed by atoms with Gasteiger partial charge in [0.1, 0.15) is 0 Å². The van der Waals surface area contributed by atoms with Gasteiger partial charge in [0.15, 0.2) is 13.6 Å². The molecular weight excluding hydrogens is 501 g/mol. The molecule has 0 spiro atoms. The average Bonchev–Trinajstić information content (AvgIpc) is 2.82. The molecule has 0 atom stereocenters. The highest BCUT2D eigenvalue weighted by Crippen LogP contribution is 2.50. The van der Waals surface area contributed by atoms with Gasteiger partial charge in [0.25, 0.3) is 0 Å². The minimum atomic E-state index is -0.855. The predicted octanol–water partition coefficient (Wildman–Crippen LogP) is 8.21. The molecule has 0 saturated carbocycles. The summed E-state index contributed by atoms with van der Waals surface area (Å²) in [7, 11) is -0.855. The summed E-state index contributed by atoms with van der Waals surface area (Å²) in [5, 5.41) is 3.99. The SMILES string of the molecule is CCC(CC)(CC)NCCCCCC(=O)SCOCCCOP(N(C(C)C)C(C)C)N(C(C)C)C(C)C. The van der Waals surface area contributed by atoms with Gasteiger partial charge in [-0.15, -0.1) is 0 Å². The third-order valence-corrected chi connectivity index (χ3v) is 10.9. The number of nitrogens with zero attached hydrogens (tertiary/aromatic N) is 2. The molecule has 0 radical (unpaired) electrons. The van der Waals surface area contributed by atoms with Gasteiger partial charge in [-0.25, -0.2) is 9.34 Å². The van der Waals surface area contributed by atoms with Gasteiger partial charge >= 0.3 is 0 Å². The number of carbonyl (C=O) groups excluding carboxylic acids is 1. The fourth-order valence-corrected chi connectivity index (χ4v) is 7.83. The number of hydrogen-bond donors (Lipinski definition) is 1. The van der Waals surface area contributed by atoms with Crippen LogP contribution in [0.3, 0.4) is 0 Å². The Morgan fingerprint density at radius 3 is 1.76 bits per heavy atom. The van der Waals surface area contributed by atoms with E-state index in [2.05, 4.69) is 90.8 Å². The second-order valence-electron chi connectivity index (χ2n) is 11.2. The van der Waals surface area contributed by atoms with Crippen LogP contribution in [0.25, 0.3) is 0 Å². The number of rotatable bonds is 23. The van der Waals surface area contributed by atoms with Crippen molar-refractivity contribution >= 4 is 25.3 Å². The molecule has 222 valence electrons. The summed E-state index contributed by atoms with van der Waals surface area (Å²) in [4.78, 5) is 12.2. The molecule has 6 nitrogen and oxygen atoms in total. The lowest BCUT2D eigenvalue weighted by Gasteiger charge is -2.45. The third-order valence-electron chi connectivity index (χ3n) is 7.04. The van der Waals surface area contributed by atoms with Crippen LogP contribution in [0.1, 0.15) is 128 Å². The summed E-state index contributed by atoms with van der Waals surface area (Å²) < 4.78 is 17.3. The average molecular weight is 564 g/mol. The van der Waals surface area contributed by atoms with Crippen molar-refractivity contribution < 1.29 is 14.1 Å². The summed E-state index contributed by atoms with van der Waals surface area (Å²) in [6, 6.07) is 1.66. The normalized spacial score (nSPS) is 13.0. The first-order chi connectivity index (χ1) is 17.5. The molecule has 0 saturated heterocycles. The van der Waals surface area contributed by atoms with E-state index in [1.807, 2.05) is 0 Å². The minimum absolute atomic E-state index is 0.242. The van der Waals surface area contributed by atoms with Crippen LogP contribution in [-0.4, -0.2) is 69.9 Å².